The molecule has 5 nitrogen and oxygen atoms in total. The lowest BCUT2D eigenvalue weighted by Gasteiger charge is -2.09. The van der Waals surface area contributed by atoms with E-state index in [1.54, 1.807) is 31.2 Å². The number of anilines is 1. The van der Waals surface area contributed by atoms with E-state index in [0.29, 0.717) is 37.7 Å². The first-order valence-corrected chi connectivity index (χ1v) is 7.48. The van der Waals surface area contributed by atoms with E-state index < -0.39 is 0 Å². The summed E-state index contributed by atoms with van der Waals surface area (Å²) in [6.07, 6.45) is 1.02. The maximum atomic E-state index is 11.5. The van der Waals surface area contributed by atoms with Crippen LogP contribution in [0.2, 0.25) is 0 Å². The molecule has 0 bridgehead atoms. The van der Waals surface area contributed by atoms with Crippen molar-refractivity contribution in [2.45, 2.75) is 20.3 Å². The lowest BCUT2D eigenvalue weighted by Crippen LogP contribution is -2.12. The van der Waals surface area contributed by atoms with Crippen LogP contribution < -0.4 is 10.1 Å². The van der Waals surface area contributed by atoms with Gasteiger partial charge in [-0.25, -0.2) is 0 Å². The van der Waals surface area contributed by atoms with Gasteiger partial charge in [-0.05, 0) is 37.6 Å². The van der Waals surface area contributed by atoms with Crippen LogP contribution in [0.25, 0.3) is 0 Å². The third-order valence-electron chi connectivity index (χ3n) is 2.72. The van der Waals surface area contributed by atoms with Crippen LogP contribution in [-0.4, -0.2) is 38.9 Å². The summed E-state index contributed by atoms with van der Waals surface area (Å²) in [6.45, 7) is 10.3. The summed E-state index contributed by atoms with van der Waals surface area (Å²) in [6, 6.07) is 7.18. The van der Waals surface area contributed by atoms with Crippen LogP contribution in [0.4, 0.5) is 5.69 Å². The lowest BCUT2D eigenvalue weighted by atomic mass is 10.2. The van der Waals surface area contributed by atoms with Gasteiger partial charge < -0.3 is 19.5 Å². The smallest absolute Gasteiger partial charge is 0.250 e. The average Bonchev–Trinajstić information content (AvgIpc) is 2.51. The van der Waals surface area contributed by atoms with E-state index in [4.69, 9.17) is 14.2 Å². The monoisotopic (exact) mass is 307 g/mol. The predicted octanol–water partition coefficient (Wildman–Crippen LogP) is 3.02. The average molecular weight is 307 g/mol. The molecular weight excluding hydrogens is 282 g/mol. The molecule has 0 spiro atoms. The second-order valence-electron chi connectivity index (χ2n) is 4.83. The molecule has 0 radical (unpaired) electrons. The fourth-order valence-corrected chi connectivity index (χ4v) is 1.56. The Bertz CT molecular complexity index is 456. The van der Waals surface area contributed by atoms with E-state index in [1.807, 2.05) is 0 Å². The van der Waals surface area contributed by atoms with E-state index in [0.717, 1.165) is 18.8 Å². The van der Waals surface area contributed by atoms with Crippen LogP contribution in [-0.2, 0) is 14.3 Å². The highest BCUT2D eigenvalue weighted by atomic mass is 16.5. The molecule has 1 aromatic carbocycles. The summed E-state index contributed by atoms with van der Waals surface area (Å²) in [4.78, 5) is 11.5. The Morgan fingerprint density at radius 2 is 1.64 bits per heavy atom. The van der Waals surface area contributed by atoms with Crippen molar-refractivity contribution < 1.29 is 19.0 Å². The second kappa shape index (κ2) is 10.8. The van der Waals surface area contributed by atoms with Gasteiger partial charge in [-0.3, -0.25) is 4.79 Å². The predicted molar refractivity (Wildman–Crippen MR) is 87.3 cm³/mol. The van der Waals surface area contributed by atoms with Gasteiger partial charge >= 0.3 is 0 Å². The Kier molecular flexibility index (Phi) is 8.95. The molecule has 1 aromatic rings. The first-order valence-electron chi connectivity index (χ1n) is 7.48. The maximum Gasteiger partial charge on any atom is 0.250 e. The number of nitrogens with one attached hydrogen (secondary N) is 1. The summed E-state index contributed by atoms with van der Waals surface area (Å²) >= 11 is 0. The zero-order valence-corrected chi connectivity index (χ0v) is 13.4. The second-order valence-corrected chi connectivity index (χ2v) is 4.83. The molecular formula is C17H25NO4. The largest absolute Gasteiger partial charge is 0.491 e. The topological polar surface area (TPSA) is 56.8 Å². The molecule has 0 saturated carbocycles. The Hall–Kier alpha value is -1.85. The number of carbonyl (C=O) groups is 1. The van der Waals surface area contributed by atoms with Gasteiger partial charge in [0, 0.05) is 17.9 Å². The zero-order chi connectivity index (χ0) is 16.2. The van der Waals surface area contributed by atoms with Gasteiger partial charge in [0.25, 0.3) is 5.91 Å². The van der Waals surface area contributed by atoms with Crippen LogP contribution >= 0.6 is 0 Å². The zero-order valence-electron chi connectivity index (χ0n) is 13.4. The van der Waals surface area contributed by atoms with Crippen molar-refractivity contribution >= 4 is 11.6 Å². The molecule has 22 heavy (non-hydrogen) atoms. The van der Waals surface area contributed by atoms with Crippen molar-refractivity contribution in [3.63, 3.8) is 0 Å². The van der Waals surface area contributed by atoms with Gasteiger partial charge in [0.2, 0.25) is 0 Å². The molecule has 0 fully saturated rings. The molecule has 5 heteroatoms. The number of hydrogen-bond donors (Lipinski definition) is 1. The highest BCUT2D eigenvalue weighted by molar-refractivity contribution is 6.02. The van der Waals surface area contributed by atoms with Crippen molar-refractivity contribution in [1.82, 2.24) is 0 Å². The van der Waals surface area contributed by atoms with Gasteiger partial charge in [0.1, 0.15) is 12.4 Å². The number of hydrogen-bond acceptors (Lipinski definition) is 4. The quantitative estimate of drug-likeness (QED) is 0.504. The standard InChI is InChI=1S/C17H25NO4/c1-4-9-20-10-11-21-12-13-22-16-7-5-15(6-8-16)18-17(19)14(2)3/h5-8H,2,4,9-13H2,1,3H3,(H,18,19). The minimum atomic E-state index is -0.188. The molecule has 0 heterocycles. The molecule has 0 aliphatic carbocycles. The summed E-state index contributed by atoms with van der Waals surface area (Å²) in [5, 5.41) is 2.74. The number of rotatable bonds is 11. The molecule has 0 unspecified atom stereocenters. The first kappa shape index (κ1) is 18.2. The first-order chi connectivity index (χ1) is 10.6. The number of benzene rings is 1. The molecule has 1 rings (SSSR count). The maximum absolute atomic E-state index is 11.5. The van der Waals surface area contributed by atoms with Crippen LogP contribution in [0.5, 0.6) is 5.75 Å². The molecule has 0 saturated heterocycles. The van der Waals surface area contributed by atoms with Gasteiger partial charge in [-0.2, -0.15) is 0 Å². The van der Waals surface area contributed by atoms with E-state index in [2.05, 4.69) is 18.8 Å². The summed E-state index contributed by atoms with van der Waals surface area (Å²) in [5.74, 6) is 0.548. The molecule has 122 valence electrons. The van der Waals surface area contributed by atoms with Crippen molar-refractivity contribution in [2.75, 3.05) is 38.4 Å². The summed E-state index contributed by atoms with van der Waals surface area (Å²) in [7, 11) is 0. The van der Waals surface area contributed by atoms with E-state index >= 15 is 0 Å². The SMILES string of the molecule is C=C(C)C(=O)Nc1ccc(OCCOCCOCCC)cc1. The Balaban J connectivity index is 2.16. The highest BCUT2D eigenvalue weighted by Gasteiger charge is 2.02. The number of amides is 1. The van der Waals surface area contributed by atoms with Gasteiger partial charge in [0.05, 0.1) is 19.8 Å². The molecule has 0 aliphatic rings. The molecule has 1 N–H and O–H groups in total. The number of ether oxygens (including phenoxy) is 3. The van der Waals surface area contributed by atoms with Gasteiger partial charge in [-0.1, -0.05) is 13.5 Å². The van der Waals surface area contributed by atoms with E-state index in [-0.39, 0.29) is 5.91 Å². The normalized spacial score (nSPS) is 10.3. The van der Waals surface area contributed by atoms with Crippen molar-refractivity contribution in [3.05, 3.63) is 36.4 Å². The lowest BCUT2D eigenvalue weighted by molar-refractivity contribution is -0.112. The molecule has 0 aromatic heterocycles. The van der Waals surface area contributed by atoms with E-state index in [9.17, 15) is 4.79 Å². The van der Waals surface area contributed by atoms with Crippen molar-refractivity contribution in [2.24, 2.45) is 0 Å². The van der Waals surface area contributed by atoms with Crippen LogP contribution in [0, 0.1) is 0 Å². The third kappa shape index (κ3) is 7.81. The summed E-state index contributed by atoms with van der Waals surface area (Å²) in [5.41, 5.74) is 1.19. The minimum absolute atomic E-state index is 0.188. The fourth-order valence-electron chi connectivity index (χ4n) is 1.56. The van der Waals surface area contributed by atoms with Crippen molar-refractivity contribution in [1.29, 1.82) is 0 Å². The van der Waals surface area contributed by atoms with E-state index in [1.165, 1.54) is 0 Å². The van der Waals surface area contributed by atoms with Gasteiger partial charge in [-0.15, -0.1) is 0 Å². The van der Waals surface area contributed by atoms with Crippen molar-refractivity contribution in [3.8, 4) is 5.75 Å². The van der Waals surface area contributed by atoms with Gasteiger partial charge in [0.15, 0.2) is 0 Å². The Morgan fingerprint density at radius 3 is 2.23 bits per heavy atom. The highest BCUT2D eigenvalue weighted by Crippen LogP contribution is 2.16. The minimum Gasteiger partial charge on any atom is -0.491 e. The number of carbonyl (C=O) groups excluding carboxylic acids is 1. The molecule has 1 amide bonds. The fraction of sp³-hybridized carbons (Fsp3) is 0.471. The molecule has 0 atom stereocenters. The third-order valence-corrected chi connectivity index (χ3v) is 2.72. The van der Waals surface area contributed by atoms with Crippen LogP contribution in [0.3, 0.4) is 0 Å². The van der Waals surface area contributed by atoms with Crippen LogP contribution in [0.15, 0.2) is 36.4 Å². The van der Waals surface area contributed by atoms with Crippen LogP contribution in [0.1, 0.15) is 20.3 Å². The Morgan fingerprint density at radius 1 is 1.05 bits per heavy atom. The molecule has 0 aliphatic heterocycles. The summed E-state index contributed by atoms with van der Waals surface area (Å²) < 4.78 is 16.2. The Labute approximate surface area is 132 Å².